The van der Waals surface area contributed by atoms with Crippen LogP contribution in [0, 0.1) is 11.3 Å². The molecule has 0 aromatic carbocycles. The van der Waals surface area contributed by atoms with Gasteiger partial charge in [0, 0.05) is 25.2 Å². The number of carbonyl (C=O) groups is 1. The van der Waals surface area contributed by atoms with E-state index in [-0.39, 0.29) is 12.2 Å². The first kappa shape index (κ1) is 14.2. The molecule has 2 rings (SSSR count). The Morgan fingerprint density at radius 1 is 1.45 bits per heavy atom. The summed E-state index contributed by atoms with van der Waals surface area (Å²) >= 11 is 0. The Morgan fingerprint density at radius 3 is 2.85 bits per heavy atom. The summed E-state index contributed by atoms with van der Waals surface area (Å²) in [7, 11) is 0. The Balaban J connectivity index is 2.11. The summed E-state index contributed by atoms with van der Waals surface area (Å²) in [6, 6.07) is 5.47. The standard InChI is InChI=1S/C15H18N2O3/c1-2-19-15(18)12(11-16)10-13-6-7-14(20-13)17-8-4-3-5-9-17/h6-7,10H,2-5,8-9H2,1H3/b12-10-. The van der Waals surface area contributed by atoms with Gasteiger partial charge < -0.3 is 14.1 Å². The Bertz CT molecular complexity index is 534. The second-order valence-electron chi connectivity index (χ2n) is 4.61. The summed E-state index contributed by atoms with van der Waals surface area (Å²) in [5.41, 5.74) is -0.0496. The van der Waals surface area contributed by atoms with Gasteiger partial charge in [0.2, 0.25) is 0 Å². The van der Waals surface area contributed by atoms with Crippen LogP contribution in [-0.2, 0) is 9.53 Å². The molecule has 1 aromatic heterocycles. The van der Waals surface area contributed by atoms with E-state index in [9.17, 15) is 4.79 Å². The predicted octanol–water partition coefficient (Wildman–Crippen LogP) is 2.74. The van der Waals surface area contributed by atoms with Crippen molar-refractivity contribution >= 4 is 17.9 Å². The number of nitriles is 1. The number of esters is 1. The van der Waals surface area contributed by atoms with E-state index in [1.165, 1.54) is 12.5 Å². The first-order valence-electron chi connectivity index (χ1n) is 6.88. The summed E-state index contributed by atoms with van der Waals surface area (Å²) in [6.07, 6.45) is 5.01. The van der Waals surface area contributed by atoms with Crippen LogP contribution in [0.5, 0.6) is 0 Å². The molecule has 0 radical (unpaired) electrons. The molecule has 1 fully saturated rings. The molecule has 0 bridgehead atoms. The Morgan fingerprint density at radius 2 is 2.20 bits per heavy atom. The summed E-state index contributed by atoms with van der Waals surface area (Å²) < 4.78 is 10.5. The first-order valence-corrected chi connectivity index (χ1v) is 6.88. The van der Waals surface area contributed by atoms with Gasteiger partial charge in [-0.1, -0.05) is 0 Å². The molecule has 0 amide bonds. The van der Waals surface area contributed by atoms with E-state index >= 15 is 0 Å². The van der Waals surface area contributed by atoms with Gasteiger partial charge in [-0.3, -0.25) is 0 Å². The summed E-state index contributed by atoms with van der Waals surface area (Å²) in [5.74, 6) is 0.665. The van der Waals surface area contributed by atoms with Crippen molar-refractivity contribution in [3.63, 3.8) is 0 Å². The van der Waals surface area contributed by atoms with Crippen LogP contribution >= 0.6 is 0 Å². The molecule has 1 aliphatic heterocycles. The maximum absolute atomic E-state index is 11.5. The number of anilines is 1. The molecule has 0 spiro atoms. The van der Waals surface area contributed by atoms with Crippen molar-refractivity contribution < 1.29 is 13.9 Å². The van der Waals surface area contributed by atoms with Gasteiger partial charge in [-0.15, -0.1) is 0 Å². The number of hydrogen-bond acceptors (Lipinski definition) is 5. The quantitative estimate of drug-likeness (QED) is 0.480. The Hall–Kier alpha value is -2.22. The summed E-state index contributed by atoms with van der Waals surface area (Å²) in [5, 5.41) is 8.97. The van der Waals surface area contributed by atoms with E-state index < -0.39 is 5.97 Å². The third-order valence-electron chi connectivity index (χ3n) is 3.18. The molecule has 0 N–H and O–H groups in total. The predicted molar refractivity (Wildman–Crippen MR) is 75.0 cm³/mol. The minimum atomic E-state index is -0.620. The van der Waals surface area contributed by atoms with Crippen molar-refractivity contribution in [1.29, 1.82) is 5.26 Å². The summed E-state index contributed by atoms with van der Waals surface area (Å²) in [4.78, 5) is 13.7. The average molecular weight is 274 g/mol. The van der Waals surface area contributed by atoms with Crippen LogP contribution in [0.1, 0.15) is 31.9 Å². The lowest BCUT2D eigenvalue weighted by Gasteiger charge is -2.25. The highest BCUT2D eigenvalue weighted by Gasteiger charge is 2.15. The van der Waals surface area contributed by atoms with Gasteiger partial charge in [-0.25, -0.2) is 4.79 Å². The second-order valence-corrected chi connectivity index (χ2v) is 4.61. The molecular weight excluding hydrogens is 256 g/mol. The monoisotopic (exact) mass is 274 g/mol. The Kier molecular flexibility index (Phi) is 4.83. The zero-order valence-corrected chi connectivity index (χ0v) is 11.6. The lowest BCUT2D eigenvalue weighted by atomic mass is 10.1. The molecule has 5 heteroatoms. The Labute approximate surface area is 118 Å². The number of hydrogen-bond donors (Lipinski definition) is 0. The molecule has 106 valence electrons. The minimum Gasteiger partial charge on any atom is -0.462 e. The van der Waals surface area contributed by atoms with Crippen LogP contribution in [0.25, 0.3) is 6.08 Å². The van der Waals surface area contributed by atoms with E-state index in [2.05, 4.69) is 4.90 Å². The maximum atomic E-state index is 11.5. The van der Waals surface area contributed by atoms with E-state index in [4.69, 9.17) is 14.4 Å². The lowest BCUT2D eigenvalue weighted by molar-refractivity contribution is -0.137. The molecule has 1 aromatic rings. The van der Waals surface area contributed by atoms with E-state index in [1.54, 1.807) is 13.0 Å². The SMILES string of the molecule is CCOC(=O)/C(C#N)=C\c1ccc(N2CCCCC2)o1. The highest BCUT2D eigenvalue weighted by atomic mass is 16.5. The zero-order valence-electron chi connectivity index (χ0n) is 11.6. The van der Waals surface area contributed by atoms with Crippen LogP contribution in [0.2, 0.25) is 0 Å². The van der Waals surface area contributed by atoms with E-state index in [0.29, 0.717) is 5.76 Å². The number of piperidine rings is 1. The van der Waals surface area contributed by atoms with Crippen LogP contribution in [-0.4, -0.2) is 25.7 Å². The average Bonchev–Trinajstić information content (AvgIpc) is 2.94. The van der Waals surface area contributed by atoms with Crippen molar-refractivity contribution in [1.82, 2.24) is 0 Å². The van der Waals surface area contributed by atoms with Gasteiger partial charge in [-0.2, -0.15) is 5.26 Å². The molecule has 1 saturated heterocycles. The lowest BCUT2D eigenvalue weighted by Crippen LogP contribution is -2.28. The molecule has 5 nitrogen and oxygen atoms in total. The van der Waals surface area contributed by atoms with Crippen molar-refractivity contribution in [3.8, 4) is 6.07 Å². The highest BCUT2D eigenvalue weighted by molar-refractivity contribution is 5.97. The fourth-order valence-corrected chi connectivity index (χ4v) is 2.19. The van der Waals surface area contributed by atoms with E-state index in [1.807, 2.05) is 12.1 Å². The third kappa shape index (κ3) is 3.41. The largest absolute Gasteiger partial charge is 0.462 e. The fraction of sp³-hybridized carbons (Fsp3) is 0.467. The van der Waals surface area contributed by atoms with Gasteiger partial charge in [-0.05, 0) is 32.3 Å². The van der Waals surface area contributed by atoms with Crippen molar-refractivity contribution in [2.24, 2.45) is 0 Å². The van der Waals surface area contributed by atoms with Crippen LogP contribution in [0.3, 0.4) is 0 Å². The number of nitrogens with zero attached hydrogens (tertiary/aromatic N) is 2. The normalized spacial score (nSPS) is 15.8. The zero-order chi connectivity index (χ0) is 14.4. The molecule has 20 heavy (non-hydrogen) atoms. The van der Waals surface area contributed by atoms with Gasteiger partial charge in [0.25, 0.3) is 0 Å². The van der Waals surface area contributed by atoms with Crippen LogP contribution in [0.15, 0.2) is 22.1 Å². The molecule has 1 aliphatic rings. The van der Waals surface area contributed by atoms with E-state index in [0.717, 1.165) is 31.8 Å². The highest BCUT2D eigenvalue weighted by Crippen LogP contribution is 2.23. The van der Waals surface area contributed by atoms with Crippen LogP contribution < -0.4 is 4.90 Å². The fourth-order valence-electron chi connectivity index (χ4n) is 2.19. The second kappa shape index (κ2) is 6.80. The number of carbonyl (C=O) groups excluding carboxylic acids is 1. The molecule has 0 atom stereocenters. The molecule has 0 unspecified atom stereocenters. The summed E-state index contributed by atoms with van der Waals surface area (Å²) in [6.45, 7) is 3.92. The minimum absolute atomic E-state index is 0.0496. The van der Waals surface area contributed by atoms with Gasteiger partial charge in [0.1, 0.15) is 17.4 Å². The smallest absolute Gasteiger partial charge is 0.349 e. The molecule has 2 heterocycles. The van der Waals surface area contributed by atoms with Crippen molar-refractivity contribution in [3.05, 3.63) is 23.5 Å². The van der Waals surface area contributed by atoms with Crippen LogP contribution in [0.4, 0.5) is 5.88 Å². The number of ether oxygens (including phenoxy) is 1. The molecular formula is C15H18N2O3. The van der Waals surface area contributed by atoms with Gasteiger partial charge in [0.15, 0.2) is 5.88 Å². The first-order chi connectivity index (χ1) is 9.74. The number of furan rings is 1. The van der Waals surface area contributed by atoms with Crippen molar-refractivity contribution in [2.45, 2.75) is 26.2 Å². The van der Waals surface area contributed by atoms with Crippen molar-refractivity contribution in [2.75, 3.05) is 24.6 Å². The third-order valence-corrected chi connectivity index (χ3v) is 3.18. The van der Waals surface area contributed by atoms with Gasteiger partial charge in [0.05, 0.1) is 6.61 Å². The van der Waals surface area contributed by atoms with Gasteiger partial charge >= 0.3 is 5.97 Å². The molecule has 0 saturated carbocycles. The molecule has 0 aliphatic carbocycles. The topological polar surface area (TPSA) is 66.5 Å². The number of rotatable bonds is 4. The maximum Gasteiger partial charge on any atom is 0.349 e.